The van der Waals surface area contributed by atoms with Gasteiger partial charge in [0.1, 0.15) is 0 Å². The van der Waals surface area contributed by atoms with Crippen molar-refractivity contribution in [1.29, 1.82) is 0 Å². The number of amides is 2. The lowest BCUT2D eigenvalue weighted by Crippen LogP contribution is -2.33. The minimum absolute atomic E-state index is 0.117. The summed E-state index contributed by atoms with van der Waals surface area (Å²) < 4.78 is 1.77. The minimum atomic E-state index is -0.134. The molecule has 0 atom stereocenters. The average molecular weight is 359 g/mol. The summed E-state index contributed by atoms with van der Waals surface area (Å²) in [5, 5.41) is 17.3. The summed E-state index contributed by atoms with van der Waals surface area (Å²) >= 11 is 0. The molecule has 0 spiro atoms. The molecule has 0 saturated carbocycles. The Hall–Kier alpha value is -2.81. The molecule has 1 aromatic heterocycles. The number of tetrazole rings is 1. The van der Waals surface area contributed by atoms with Gasteiger partial charge in [0.15, 0.2) is 5.82 Å². The van der Waals surface area contributed by atoms with Crippen LogP contribution in [0.25, 0.3) is 0 Å². The van der Waals surface area contributed by atoms with E-state index in [2.05, 4.69) is 33.1 Å². The van der Waals surface area contributed by atoms with E-state index >= 15 is 0 Å². The molecule has 0 aliphatic carbocycles. The molecule has 140 valence electrons. The lowest BCUT2D eigenvalue weighted by Gasteiger charge is -2.19. The molecular weight excluding hydrogens is 334 g/mol. The van der Waals surface area contributed by atoms with Crippen molar-refractivity contribution in [3.8, 4) is 0 Å². The van der Waals surface area contributed by atoms with Crippen LogP contribution in [0.4, 0.5) is 11.4 Å². The Morgan fingerprint density at radius 3 is 2.35 bits per heavy atom. The number of benzene rings is 1. The van der Waals surface area contributed by atoms with Gasteiger partial charge in [-0.3, -0.25) is 14.5 Å². The molecule has 0 radical (unpaired) electrons. The number of aryl methyl sites for hydroxylation is 1. The molecule has 0 unspecified atom stereocenters. The zero-order valence-electron chi connectivity index (χ0n) is 15.4. The van der Waals surface area contributed by atoms with E-state index in [-0.39, 0.29) is 18.4 Å². The highest BCUT2D eigenvalue weighted by atomic mass is 16.2. The molecule has 0 aliphatic rings. The van der Waals surface area contributed by atoms with Crippen LogP contribution in [0.1, 0.15) is 33.0 Å². The second-order valence-corrected chi connectivity index (χ2v) is 5.93. The Labute approximate surface area is 152 Å². The molecule has 2 rings (SSSR count). The van der Waals surface area contributed by atoms with Crippen LogP contribution in [0.2, 0.25) is 0 Å². The van der Waals surface area contributed by atoms with Crippen LogP contribution in [0.5, 0.6) is 0 Å². The number of carbonyl (C=O) groups excluding carboxylic acids is 2. The monoisotopic (exact) mass is 359 g/mol. The van der Waals surface area contributed by atoms with Crippen molar-refractivity contribution in [3.63, 3.8) is 0 Å². The van der Waals surface area contributed by atoms with Crippen LogP contribution in [-0.2, 0) is 22.7 Å². The van der Waals surface area contributed by atoms with Crippen molar-refractivity contribution >= 4 is 23.2 Å². The molecule has 1 aromatic carbocycles. The Morgan fingerprint density at radius 2 is 1.77 bits per heavy atom. The molecule has 0 fully saturated rings. The molecule has 2 N–H and O–H groups in total. The van der Waals surface area contributed by atoms with Crippen LogP contribution < -0.4 is 10.6 Å². The highest BCUT2D eigenvalue weighted by Crippen LogP contribution is 2.13. The highest BCUT2D eigenvalue weighted by molar-refractivity contribution is 5.93. The number of nitrogens with one attached hydrogen (secondary N) is 2. The van der Waals surface area contributed by atoms with E-state index in [1.807, 2.05) is 11.8 Å². The van der Waals surface area contributed by atoms with Gasteiger partial charge in [0, 0.05) is 24.8 Å². The van der Waals surface area contributed by atoms with Crippen molar-refractivity contribution in [3.05, 3.63) is 30.1 Å². The van der Waals surface area contributed by atoms with Gasteiger partial charge >= 0.3 is 0 Å². The van der Waals surface area contributed by atoms with Gasteiger partial charge < -0.3 is 10.6 Å². The van der Waals surface area contributed by atoms with Gasteiger partial charge in [-0.2, -0.15) is 0 Å². The first-order valence-electron chi connectivity index (χ1n) is 8.66. The predicted molar refractivity (Wildman–Crippen MR) is 98.4 cm³/mol. The van der Waals surface area contributed by atoms with Crippen molar-refractivity contribution < 1.29 is 9.59 Å². The number of aromatic nitrogens is 4. The maximum Gasteiger partial charge on any atom is 0.238 e. The third-order valence-corrected chi connectivity index (χ3v) is 3.71. The summed E-state index contributed by atoms with van der Waals surface area (Å²) in [6, 6.07) is 6.99. The predicted octanol–water partition coefficient (Wildman–Crippen LogP) is 1.50. The number of hydrogen-bond donors (Lipinski definition) is 2. The van der Waals surface area contributed by atoms with Gasteiger partial charge in [0.2, 0.25) is 11.8 Å². The van der Waals surface area contributed by atoms with Crippen LogP contribution in [-0.4, -0.2) is 50.0 Å². The Bertz CT molecular complexity index is 727. The minimum Gasteiger partial charge on any atom is -0.326 e. The summed E-state index contributed by atoms with van der Waals surface area (Å²) in [5.74, 6) is 0.501. The number of anilines is 2. The molecule has 2 amide bonds. The van der Waals surface area contributed by atoms with E-state index in [0.717, 1.165) is 18.8 Å². The lowest BCUT2D eigenvalue weighted by atomic mass is 10.2. The zero-order valence-corrected chi connectivity index (χ0v) is 15.4. The molecule has 0 aliphatic heterocycles. The Morgan fingerprint density at radius 1 is 1.12 bits per heavy atom. The molecule has 2 aromatic rings. The second kappa shape index (κ2) is 9.62. The summed E-state index contributed by atoms with van der Waals surface area (Å²) in [4.78, 5) is 25.3. The standard InChI is InChI=1S/C17H25N7O2/c1-4-10-24-16(20-21-22-24)11-23(5-2)12-17(26)19-15-8-6-14(7-9-15)18-13(3)25/h6-9H,4-5,10-12H2,1-3H3,(H,18,25)(H,19,26). The second-order valence-electron chi connectivity index (χ2n) is 5.93. The third-order valence-electron chi connectivity index (χ3n) is 3.71. The summed E-state index contributed by atoms with van der Waals surface area (Å²) in [7, 11) is 0. The van der Waals surface area contributed by atoms with Crippen molar-refractivity contribution in [2.45, 2.75) is 40.3 Å². The maximum atomic E-state index is 12.3. The highest BCUT2D eigenvalue weighted by Gasteiger charge is 2.14. The normalized spacial score (nSPS) is 10.8. The van der Waals surface area contributed by atoms with Crippen molar-refractivity contribution in [2.75, 3.05) is 23.7 Å². The number of carbonyl (C=O) groups is 2. The number of likely N-dealkylation sites (N-methyl/N-ethyl adjacent to an activating group) is 1. The first-order valence-corrected chi connectivity index (χ1v) is 8.66. The Kier molecular flexibility index (Phi) is 7.22. The molecule has 9 heteroatoms. The number of hydrogen-bond acceptors (Lipinski definition) is 6. The molecule has 0 saturated heterocycles. The van der Waals surface area contributed by atoms with Crippen LogP contribution in [0.15, 0.2) is 24.3 Å². The first kappa shape index (κ1) is 19.5. The maximum absolute atomic E-state index is 12.3. The van der Waals surface area contributed by atoms with Crippen LogP contribution in [0, 0.1) is 0 Å². The largest absolute Gasteiger partial charge is 0.326 e. The topological polar surface area (TPSA) is 105 Å². The first-order chi connectivity index (χ1) is 12.5. The number of nitrogens with zero attached hydrogens (tertiary/aromatic N) is 5. The fraction of sp³-hybridized carbons (Fsp3) is 0.471. The van der Waals surface area contributed by atoms with Gasteiger partial charge in [-0.05, 0) is 47.7 Å². The quantitative estimate of drug-likeness (QED) is 0.703. The van der Waals surface area contributed by atoms with Gasteiger partial charge in [0.25, 0.3) is 0 Å². The molecule has 1 heterocycles. The SMILES string of the molecule is CCCn1nnnc1CN(CC)CC(=O)Nc1ccc(NC(C)=O)cc1. The lowest BCUT2D eigenvalue weighted by molar-refractivity contribution is -0.117. The van der Waals surface area contributed by atoms with Gasteiger partial charge in [-0.1, -0.05) is 13.8 Å². The van der Waals surface area contributed by atoms with E-state index in [1.165, 1.54) is 6.92 Å². The summed E-state index contributed by atoms with van der Waals surface area (Å²) in [5.41, 5.74) is 1.37. The molecule has 0 bridgehead atoms. The molecule has 26 heavy (non-hydrogen) atoms. The third kappa shape index (κ3) is 5.92. The fourth-order valence-electron chi connectivity index (χ4n) is 2.45. The average Bonchev–Trinajstić information content (AvgIpc) is 3.03. The fourth-order valence-corrected chi connectivity index (χ4v) is 2.45. The van der Waals surface area contributed by atoms with Gasteiger partial charge in [-0.15, -0.1) is 5.10 Å². The van der Waals surface area contributed by atoms with Gasteiger partial charge in [-0.25, -0.2) is 4.68 Å². The van der Waals surface area contributed by atoms with E-state index in [0.29, 0.717) is 24.5 Å². The molecule has 9 nitrogen and oxygen atoms in total. The van der Waals surface area contributed by atoms with Crippen molar-refractivity contribution in [1.82, 2.24) is 25.1 Å². The van der Waals surface area contributed by atoms with Crippen LogP contribution >= 0.6 is 0 Å². The van der Waals surface area contributed by atoms with Crippen LogP contribution in [0.3, 0.4) is 0 Å². The summed E-state index contributed by atoms with van der Waals surface area (Å²) in [6.07, 6.45) is 0.944. The summed E-state index contributed by atoms with van der Waals surface area (Å²) in [6.45, 7) is 7.71. The zero-order chi connectivity index (χ0) is 18.9. The molecular formula is C17H25N7O2. The van der Waals surface area contributed by atoms with Crippen molar-refractivity contribution in [2.24, 2.45) is 0 Å². The van der Waals surface area contributed by atoms with E-state index in [4.69, 9.17) is 0 Å². The smallest absolute Gasteiger partial charge is 0.238 e. The number of rotatable bonds is 9. The van der Waals surface area contributed by atoms with E-state index in [9.17, 15) is 9.59 Å². The van der Waals surface area contributed by atoms with Gasteiger partial charge in [0.05, 0.1) is 13.1 Å². The van der Waals surface area contributed by atoms with E-state index < -0.39 is 0 Å². The van der Waals surface area contributed by atoms with E-state index in [1.54, 1.807) is 28.9 Å². The Balaban J connectivity index is 1.90.